The van der Waals surface area contributed by atoms with E-state index < -0.39 is 0 Å². The van der Waals surface area contributed by atoms with Gasteiger partial charge in [-0.05, 0) is 37.1 Å². The Morgan fingerprint density at radius 2 is 2.00 bits per heavy atom. The molecule has 0 atom stereocenters. The Bertz CT molecular complexity index is 618. The number of aromatic nitrogens is 2. The number of nitrogens with zero attached hydrogens (tertiary/aromatic N) is 2. The molecule has 0 aliphatic carbocycles. The number of ether oxygens (including phenoxy) is 1. The van der Waals surface area contributed by atoms with Crippen LogP contribution in [0.3, 0.4) is 0 Å². The molecule has 2 aromatic rings. The Morgan fingerprint density at radius 3 is 2.71 bits per heavy atom. The monoisotopic (exact) mass is 349 g/mol. The van der Waals surface area contributed by atoms with Crippen LogP contribution < -0.4 is 5.32 Å². The largest absolute Gasteiger partial charge is 0.381 e. The topological polar surface area (TPSA) is 56.2 Å². The molecule has 6 heteroatoms. The second-order valence-electron chi connectivity index (χ2n) is 5.01. The van der Waals surface area contributed by atoms with Crippen LogP contribution in [0.15, 0.2) is 41.1 Å². The molecule has 1 aromatic carbocycles. The highest BCUT2D eigenvalue weighted by Crippen LogP contribution is 2.21. The van der Waals surface area contributed by atoms with E-state index >= 15 is 0 Å². The van der Waals surface area contributed by atoms with Gasteiger partial charge in [0.2, 0.25) is 0 Å². The third-order valence-electron chi connectivity index (χ3n) is 3.53. The molecular weight excluding hydrogens is 334 g/mol. The molecule has 1 aliphatic heterocycles. The molecule has 0 radical (unpaired) electrons. The molecule has 0 bridgehead atoms. The molecule has 1 fully saturated rings. The quantitative estimate of drug-likeness (QED) is 0.925. The molecule has 5 nitrogen and oxygen atoms in total. The first-order valence-electron chi connectivity index (χ1n) is 6.91. The van der Waals surface area contributed by atoms with E-state index in [0.29, 0.717) is 11.6 Å². The molecular formula is C15H16BrN3O2. The fraction of sp³-hybridized carbons (Fsp3) is 0.333. The van der Waals surface area contributed by atoms with Gasteiger partial charge in [0.15, 0.2) is 0 Å². The smallest absolute Gasteiger partial charge is 0.255 e. The number of hydrogen-bond donors (Lipinski definition) is 1. The van der Waals surface area contributed by atoms with Crippen molar-refractivity contribution in [2.75, 3.05) is 18.5 Å². The number of carbonyl (C=O) groups is 1. The van der Waals surface area contributed by atoms with Gasteiger partial charge in [0.1, 0.15) is 0 Å². The Balaban J connectivity index is 1.66. The van der Waals surface area contributed by atoms with Crippen LogP contribution in [-0.4, -0.2) is 28.9 Å². The average molecular weight is 350 g/mol. The lowest BCUT2D eigenvalue weighted by atomic mass is 10.1. The zero-order valence-corrected chi connectivity index (χ0v) is 13.0. The van der Waals surface area contributed by atoms with Crippen LogP contribution in [0.1, 0.15) is 29.2 Å². The van der Waals surface area contributed by atoms with Gasteiger partial charge in [-0.1, -0.05) is 15.9 Å². The van der Waals surface area contributed by atoms with E-state index in [2.05, 4.69) is 26.3 Å². The van der Waals surface area contributed by atoms with Gasteiger partial charge in [-0.15, -0.1) is 0 Å². The number of amides is 1. The van der Waals surface area contributed by atoms with Gasteiger partial charge in [-0.3, -0.25) is 9.48 Å². The average Bonchev–Trinajstić information content (AvgIpc) is 2.97. The summed E-state index contributed by atoms with van der Waals surface area (Å²) in [7, 11) is 0. The number of anilines is 1. The van der Waals surface area contributed by atoms with Crippen LogP contribution in [0.25, 0.3) is 0 Å². The van der Waals surface area contributed by atoms with Gasteiger partial charge in [0.25, 0.3) is 5.91 Å². The van der Waals surface area contributed by atoms with E-state index in [-0.39, 0.29) is 5.91 Å². The van der Waals surface area contributed by atoms with Crippen molar-refractivity contribution in [3.8, 4) is 0 Å². The highest BCUT2D eigenvalue weighted by molar-refractivity contribution is 9.10. The summed E-state index contributed by atoms with van der Waals surface area (Å²) < 4.78 is 8.21. The fourth-order valence-corrected chi connectivity index (χ4v) is 2.62. The third kappa shape index (κ3) is 3.51. The summed E-state index contributed by atoms with van der Waals surface area (Å²) in [5.41, 5.74) is 1.34. The van der Waals surface area contributed by atoms with Crippen molar-refractivity contribution in [1.29, 1.82) is 0 Å². The first-order valence-corrected chi connectivity index (χ1v) is 7.70. The molecule has 0 saturated carbocycles. The maximum atomic E-state index is 12.1. The second-order valence-corrected chi connectivity index (χ2v) is 5.93. The molecule has 2 heterocycles. The minimum Gasteiger partial charge on any atom is -0.381 e. The van der Waals surface area contributed by atoms with Crippen LogP contribution in [-0.2, 0) is 4.74 Å². The van der Waals surface area contributed by atoms with Crippen LogP contribution in [0, 0.1) is 0 Å². The maximum Gasteiger partial charge on any atom is 0.255 e. The van der Waals surface area contributed by atoms with E-state index in [0.717, 1.165) is 36.2 Å². The van der Waals surface area contributed by atoms with E-state index in [1.807, 2.05) is 23.0 Å². The molecule has 0 unspecified atom stereocenters. The summed E-state index contributed by atoms with van der Waals surface area (Å²) in [6.07, 6.45) is 5.49. The number of benzene rings is 1. The van der Waals surface area contributed by atoms with Crippen LogP contribution in [0.4, 0.5) is 5.69 Å². The zero-order valence-electron chi connectivity index (χ0n) is 11.5. The van der Waals surface area contributed by atoms with E-state index in [1.165, 1.54) is 0 Å². The van der Waals surface area contributed by atoms with Crippen molar-refractivity contribution in [2.45, 2.75) is 18.9 Å². The van der Waals surface area contributed by atoms with Crippen molar-refractivity contribution >= 4 is 27.5 Å². The normalized spacial score (nSPS) is 15.9. The maximum absolute atomic E-state index is 12.1. The first-order chi connectivity index (χ1) is 10.2. The Hall–Kier alpha value is -1.66. The summed E-state index contributed by atoms with van der Waals surface area (Å²) in [6, 6.07) is 7.61. The van der Waals surface area contributed by atoms with Gasteiger partial charge in [0, 0.05) is 29.4 Å². The molecule has 3 rings (SSSR count). The van der Waals surface area contributed by atoms with Crippen molar-refractivity contribution in [2.24, 2.45) is 0 Å². The molecule has 21 heavy (non-hydrogen) atoms. The second kappa shape index (κ2) is 6.41. The first kappa shape index (κ1) is 14.3. The standard InChI is InChI=1S/C15H16BrN3O2/c16-12-3-1-11(2-4-12)15(20)18-13-9-17-19(10-13)14-5-7-21-8-6-14/h1-4,9-10,14H,5-8H2,(H,18,20). The number of rotatable bonds is 3. The van der Waals surface area contributed by atoms with Crippen molar-refractivity contribution < 1.29 is 9.53 Å². The van der Waals surface area contributed by atoms with E-state index in [9.17, 15) is 4.79 Å². The van der Waals surface area contributed by atoms with Gasteiger partial charge in [-0.25, -0.2) is 0 Å². The number of hydrogen-bond acceptors (Lipinski definition) is 3. The minimum atomic E-state index is -0.131. The molecule has 110 valence electrons. The highest BCUT2D eigenvalue weighted by Gasteiger charge is 2.17. The molecule has 1 aliphatic rings. The third-order valence-corrected chi connectivity index (χ3v) is 4.06. The molecule has 1 amide bonds. The summed E-state index contributed by atoms with van der Waals surface area (Å²) in [6.45, 7) is 1.54. The lowest BCUT2D eigenvalue weighted by molar-refractivity contribution is 0.0662. The Kier molecular flexibility index (Phi) is 4.36. The van der Waals surface area contributed by atoms with E-state index in [4.69, 9.17) is 4.74 Å². The van der Waals surface area contributed by atoms with Crippen molar-refractivity contribution in [1.82, 2.24) is 9.78 Å². The van der Waals surface area contributed by atoms with Crippen molar-refractivity contribution in [3.05, 3.63) is 46.7 Å². The van der Waals surface area contributed by atoms with Gasteiger partial charge in [0.05, 0.1) is 17.9 Å². The number of halogens is 1. The summed E-state index contributed by atoms with van der Waals surface area (Å²) in [4.78, 5) is 12.1. The lowest BCUT2D eigenvalue weighted by Crippen LogP contribution is -2.19. The number of carbonyl (C=O) groups excluding carboxylic acids is 1. The predicted octanol–water partition coefficient (Wildman–Crippen LogP) is 3.25. The van der Waals surface area contributed by atoms with Gasteiger partial charge in [-0.2, -0.15) is 5.10 Å². The molecule has 1 saturated heterocycles. The lowest BCUT2D eigenvalue weighted by Gasteiger charge is -2.22. The SMILES string of the molecule is O=C(Nc1cnn(C2CCOCC2)c1)c1ccc(Br)cc1. The van der Waals surface area contributed by atoms with Crippen LogP contribution >= 0.6 is 15.9 Å². The molecule has 1 aromatic heterocycles. The van der Waals surface area contributed by atoms with Gasteiger partial charge < -0.3 is 10.1 Å². The minimum absolute atomic E-state index is 0.131. The van der Waals surface area contributed by atoms with Crippen molar-refractivity contribution in [3.63, 3.8) is 0 Å². The Morgan fingerprint density at radius 1 is 1.29 bits per heavy atom. The summed E-state index contributed by atoms with van der Waals surface area (Å²) in [5, 5.41) is 7.21. The summed E-state index contributed by atoms with van der Waals surface area (Å²) >= 11 is 3.35. The van der Waals surface area contributed by atoms with Crippen LogP contribution in [0.2, 0.25) is 0 Å². The van der Waals surface area contributed by atoms with E-state index in [1.54, 1.807) is 18.3 Å². The highest BCUT2D eigenvalue weighted by atomic mass is 79.9. The zero-order chi connectivity index (χ0) is 14.7. The molecule has 0 spiro atoms. The fourth-order valence-electron chi connectivity index (χ4n) is 2.36. The van der Waals surface area contributed by atoms with Crippen LogP contribution in [0.5, 0.6) is 0 Å². The summed E-state index contributed by atoms with van der Waals surface area (Å²) in [5.74, 6) is -0.131. The number of nitrogens with one attached hydrogen (secondary N) is 1. The Labute approximate surface area is 131 Å². The predicted molar refractivity (Wildman–Crippen MR) is 83.4 cm³/mol. The molecule has 1 N–H and O–H groups in total. The van der Waals surface area contributed by atoms with Gasteiger partial charge >= 0.3 is 0 Å².